The summed E-state index contributed by atoms with van der Waals surface area (Å²) >= 11 is 5.12. The van der Waals surface area contributed by atoms with Gasteiger partial charge < -0.3 is 4.98 Å². The SMILES string of the molecule is CCCc1c(-c2c(F)cccc2F)[nH]cnc1=S. The van der Waals surface area contributed by atoms with Crippen molar-refractivity contribution in [1.82, 2.24) is 9.97 Å². The zero-order chi connectivity index (χ0) is 13.1. The first kappa shape index (κ1) is 12.8. The third-order valence-corrected chi connectivity index (χ3v) is 3.02. The predicted octanol–water partition coefficient (Wildman–Crippen LogP) is 4.04. The first-order valence-electron chi connectivity index (χ1n) is 5.66. The first-order chi connectivity index (χ1) is 8.65. The van der Waals surface area contributed by atoms with Crippen molar-refractivity contribution in [1.29, 1.82) is 0 Å². The number of halogens is 2. The second-order valence-corrected chi connectivity index (χ2v) is 4.29. The molecule has 0 spiro atoms. The van der Waals surface area contributed by atoms with Gasteiger partial charge in [0, 0.05) is 5.56 Å². The molecule has 0 aliphatic heterocycles. The summed E-state index contributed by atoms with van der Waals surface area (Å²) in [6, 6.07) is 3.79. The van der Waals surface area contributed by atoms with Crippen LogP contribution in [-0.2, 0) is 6.42 Å². The Morgan fingerprint density at radius 1 is 1.28 bits per heavy atom. The topological polar surface area (TPSA) is 28.7 Å². The third-order valence-electron chi connectivity index (χ3n) is 2.66. The molecule has 1 aromatic heterocycles. The van der Waals surface area contributed by atoms with Gasteiger partial charge in [0.2, 0.25) is 0 Å². The van der Waals surface area contributed by atoms with E-state index in [2.05, 4.69) is 9.97 Å². The van der Waals surface area contributed by atoms with Gasteiger partial charge in [-0.3, -0.25) is 0 Å². The van der Waals surface area contributed by atoms with Crippen LogP contribution in [0.1, 0.15) is 18.9 Å². The number of benzene rings is 1. The highest BCUT2D eigenvalue weighted by atomic mass is 32.1. The zero-order valence-electron chi connectivity index (χ0n) is 9.84. The smallest absolute Gasteiger partial charge is 0.135 e. The van der Waals surface area contributed by atoms with E-state index in [0.29, 0.717) is 22.3 Å². The number of rotatable bonds is 3. The molecule has 2 rings (SSSR count). The molecule has 1 aromatic carbocycles. The quantitative estimate of drug-likeness (QED) is 0.849. The minimum Gasteiger partial charge on any atom is -0.345 e. The molecule has 18 heavy (non-hydrogen) atoms. The predicted molar refractivity (Wildman–Crippen MR) is 68.8 cm³/mol. The van der Waals surface area contributed by atoms with E-state index in [1.807, 2.05) is 6.92 Å². The summed E-state index contributed by atoms with van der Waals surface area (Å²) in [5.41, 5.74) is 0.987. The molecule has 2 nitrogen and oxygen atoms in total. The minimum absolute atomic E-state index is 0.0746. The van der Waals surface area contributed by atoms with E-state index in [4.69, 9.17) is 12.2 Å². The van der Waals surface area contributed by atoms with Gasteiger partial charge in [-0.25, -0.2) is 13.8 Å². The summed E-state index contributed by atoms with van der Waals surface area (Å²) in [4.78, 5) is 6.76. The fraction of sp³-hybridized carbons (Fsp3) is 0.231. The molecular formula is C13H12F2N2S. The summed E-state index contributed by atoms with van der Waals surface area (Å²) < 4.78 is 27.9. The average molecular weight is 266 g/mol. The summed E-state index contributed by atoms with van der Waals surface area (Å²) in [6.07, 6.45) is 2.82. The van der Waals surface area contributed by atoms with Crippen LogP contribution in [0, 0.1) is 16.3 Å². The largest absolute Gasteiger partial charge is 0.345 e. The second-order valence-electron chi connectivity index (χ2n) is 3.91. The van der Waals surface area contributed by atoms with Gasteiger partial charge in [0.15, 0.2) is 0 Å². The Bertz CT molecular complexity index is 602. The molecule has 0 bridgehead atoms. The van der Waals surface area contributed by atoms with Crippen LogP contribution in [0.15, 0.2) is 24.5 Å². The van der Waals surface area contributed by atoms with Crippen molar-refractivity contribution in [3.05, 3.63) is 46.4 Å². The molecule has 1 heterocycles. The van der Waals surface area contributed by atoms with Gasteiger partial charge in [-0.15, -0.1) is 0 Å². The van der Waals surface area contributed by atoms with Gasteiger partial charge in [0.25, 0.3) is 0 Å². The van der Waals surface area contributed by atoms with Crippen LogP contribution >= 0.6 is 12.2 Å². The minimum atomic E-state index is -0.607. The van der Waals surface area contributed by atoms with Crippen molar-refractivity contribution < 1.29 is 8.78 Å². The first-order valence-corrected chi connectivity index (χ1v) is 6.07. The molecule has 0 saturated heterocycles. The van der Waals surface area contributed by atoms with Gasteiger partial charge in [-0.2, -0.15) is 0 Å². The lowest BCUT2D eigenvalue weighted by Crippen LogP contribution is -2.00. The number of nitrogens with zero attached hydrogens (tertiary/aromatic N) is 1. The zero-order valence-corrected chi connectivity index (χ0v) is 10.7. The van der Waals surface area contributed by atoms with Crippen LogP contribution in [-0.4, -0.2) is 9.97 Å². The van der Waals surface area contributed by atoms with Crippen LogP contribution in [0.25, 0.3) is 11.3 Å². The molecule has 1 N–H and O–H groups in total. The highest BCUT2D eigenvalue weighted by Gasteiger charge is 2.15. The Morgan fingerprint density at radius 2 is 1.94 bits per heavy atom. The van der Waals surface area contributed by atoms with Crippen LogP contribution in [0.2, 0.25) is 0 Å². The molecule has 0 fully saturated rings. The Morgan fingerprint density at radius 3 is 2.56 bits per heavy atom. The lowest BCUT2D eigenvalue weighted by atomic mass is 10.0. The molecule has 0 aliphatic carbocycles. The van der Waals surface area contributed by atoms with Crippen molar-refractivity contribution in [2.75, 3.05) is 0 Å². The van der Waals surface area contributed by atoms with Crippen molar-refractivity contribution >= 4 is 12.2 Å². The molecule has 5 heteroatoms. The fourth-order valence-corrected chi connectivity index (χ4v) is 2.13. The molecule has 0 aliphatic rings. The Hall–Kier alpha value is -1.62. The highest BCUT2D eigenvalue weighted by Crippen LogP contribution is 2.27. The second kappa shape index (κ2) is 5.35. The maximum absolute atomic E-state index is 13.8. The van der Waals surface area contributed by atoms with E-state index in [-0.39, 0.29) is 5.56 Å². The molecule has 0 radical (unpaired) electrons. The van der Waals surface area contributed by atoms with Crippen molar-refractivity contribution in [2.24, 2.45) is 0 Å². The van der Waals surface area contributed by atoms with E-state index < -0.39 is 11.6 Å². The standard InChI is InChI=1S/C13H12F2N2S/c1-2-4-8-12(16-7-17-13(8)18)11-9(14)5-3-6-10(11)15/h3,5-7H,2,4H2,1H3,(H,16,17,18). The number of aromatic nitrogens is 2. The van der Waals surface area contributed by atoms with E-state index in [0.717, 1.165) is 6.42 Å². The summed E-state index contributed by atoms with van der Waals surface area (Å²) in [5.74, 6) is -1.21. The van der Waals surface area contributed by atoms with Crippen LogP contribution in [0.5, 0.6) is 0 Å². The Balaban J connectivity index is 2.71. The van der Waals surface area contributed by atoms with Crippen molar-refractivity contribution in [3.63, 3.8) is 0 Å². The molecule has 94 valence electrons. The van der Waals surface area contributed by atoms with E-state index in [1.165, 1.54) is 24.5 Å². The monoisotopic (exact) mass is 266 g/mol. The van der Waals surface area contributed by atoms with Gasteiger partial charge in [-0.1, -0.05) is 31.6 Å². The molecule has 0 atom stereocenters. The van der Waals surface area contributed by atoms with E-state index in [1.54, 1.807) is 0 Å². The fourth-order valence-electron chi connectivity index (χ4n) is 1.87. The lowest BCUT2D eigenvalue weighted by Gasteiger charge is -2.10. The molecule has 0 unspecified atom stereocenters. The number of hydrogen-bond donors (Lipinski definition) is 1. The lowest BCUT2D eigenvalue weighted by molar-refractivity contribution is 0.588. The molecule has 0 saturated carbocycles. The van der Waals surface area contributed by atoms with E-state index in [9.17, 15) is 8.78 Å². The maximum Gasteiger partial charge on any atom is 0.135 e. The van der Waals surface area contributed by atoms with Gasteiger partial charge in [0.05, 0.1) is 17.6 Å². The number of hydrogen-bond acceptors (Lipinski definition) is 2. The Kier molecular flexibility index (Phi) is 3.81. The Labute approximate surface area is 109 Å². The molecular weight excluding hydrogens is 254 g/mol. The number of H-pyrrole nitrogens is 1. The van der Waals surface area contributed by atoms with Crippen molar-refractivity contribution in [2.45, 2.75) is 19.8 Å². The van der Waals surface area contributed by atoms with E-state index >= 15 is 0 Å². The third kappa shape index (κ3) is 2.31. The maximum atomic E-state index is 13.8. The van der Waals surface area contributed by atoms with Crippen LogP contribution in [0.3, 0.4) is 0 Å². The average Bonchev–Trinajstić information content (AvgIpc) is 2.33. The van der Waals surface area contributed by atoms with Crippen LogP contribution in [0.4, 0.5) is 8.78 Å². The summed E-state index contributed by atoms with van der Waals surface area (Å²) in [7, 11) is 0. The molecule has 2 aromatic rings. The van der Waals surface area contributed by atoms with Gasteiger partial charge in [0.1, 0.15) is 16.3 Å². The summed E-state index contributed by atoms with van der Waals surface area (Å²) in [5, 5.41) is 0. The summed E-state index contributed by atoms with van der Waals surface area (Å²) in [6.45, 7) is 1.98. The molecule has 0 amide bonds. The van der Waals surface area contributed by atoms with Crippen LogP contribution < -0.4 is 0 Å². The van der Waals surface area contributed by atoms with Gasteiger partial charge in [-0.05, 0) is 18.6 Å². The van der Waals surface area contributed by atoms with Crippen molar-refractivity contribution in [3.8, 4) is 11.3 Å². The number of nitrogens with one attached hydrogen (secondary N) is 1. The van der Waals surface area contributed by atoms with Gasteiger partial charge >= 0.3 is 0 Å². The number of aromatic amines is 1. The normalized spacial score (nSPS) is 10.6. The highest BCUT2D eigenvalue weighted by molar-refractivity contribution is 7.71.